The van der Waals surface area contributed by atoms with Gasteiger partial charge in [-0.2, -0.15) is 0 Å². The van der Waals surface area contributed by atoms with E-state index in [1.54, 1.807) is 7.05 Å². The summed E-state index contributed by atoms with van der Waals surface area (Å²) in [6.45, 7) is 6.64. The van der Waals surface area contributed by atoms with Crippen LogP contribution in [-0.4, -0.2) is 52.6 Å². The third-order valence-corrected chi connectivity index (χ3v) is 2.21. The molecule has 0 amide bonds. The first kappa shape index (κ1) is 16.4. The molecule has 1 unspecified atom stereocenters. The Balaban J connectivity index is 3.40. The largest absolute Gasteiger partial charge is 0.468 e. The fraction of sp³-hybridized carbons (Fsp3) is 0.917. The summed E-state index contributed by atoms with van der Waals surface area (Å²) in [4.78, 5) is 11.2. The van der Waals surface area contributed by atoms with Crippen LogP contribution in [0.5, 0.6) is 0 Å². The van der Waals surface area contributed by atoms with Crippen molar-refractivity contribution in [3.8, 4) is 0 Å². The molecule has 102 valence electrons. The summed E-state index contributed by atoms with van der Waals surface area (Å²) in [5.41, 5.74) is 0. The second-order valence-electron chi connectivity index (χ2n) is 4.23. The Labute approximate surface area is 104 Å². The molecule has 0 bridgehead atoms. The fourth-order valence-corrected chi connectivity index (χ4v) is 1.26. The average Bonchev–Trinajstić information content (AvgIpc) is 2.31. The van der Waals surface area contributed by atoms with Crippen LogP contribution in [0.25, 0.3) is 0 Å². The highest BCUT2D eigenvalue weighted by atomic mass is 16.5. The first-order valence-electron chi connectivity index (χ1n) is 6.02. The Morgan fingerprint density at radius 1 is 1.18 bits per heavy atom. The normalized spacial score (nSPS) is 12.8. The second-order valence-corrected chi connectivity index (χ2v) is 4.23. The molecule has 0 fully saturated rings. The first-order valence-corrected chi connectivity index (χ1v) is 6.02. The topological polar surface area (TPSA) is 56.8 Å². The number of carbonyl (C=O) groups excluding carboxylic acids is 1. The molecular weight excluding hydrogens is 222 g/mol. The van der Waals surface area contributed by atoms with Gasteiger partial charge in [0.15, 0.2) is 0 Å². The smallest absolute Gasteiger partial charge is 0.322 e. The number of nitrogens with one attached hydrogen (secondary N) is 1. The number of methoxy groups -OCH3 is 1. The third kappa shape index (κ3) is 9.09. The van der Waals surface area contributed by atoms with E-state index in [1.165, 1.54) is 7.11 Å². The van der Waals surface area contributed by atoms with Crippen molar-refractivity contribution in [2.75, 3.05) is 40.6 Å². The molecule has 0 heterocycles. The summed E-state index contributed by atoms with van der Waals surface area (Å²) in [6, 6.07) is -0.295. The molecule has 0 spiro atoms. The summed E-state index contributed by atoms with van der Waals surface area (Å²) in [5.74, 6) is 0.287. The zero-order chi connectivity index (χ0) is 13.1. The minimum atomic E-state index is -0.295. The number of hydrogen-bond donors (Lipinski definition) is 1. The third-order valence-electron chi connectivity index (χ3n) is 2.21. The van der Waals surface area contributed by atoms with Gasteiger partial charge in [-0.1, -0.05) is 13.8 Å². The van der Waals surface area contributed by atoms with Gasteiger partial charge in [0.2, 0.25) is 0 Å². The van der Waals surface area contributed by atoms with Crippen LogP contribution in [0, 0.1) is 5.92 Å². The summed E-state index contributed by atoms with van der Waals surface area (Å²) < 4.78 is 15.4. The molecule has 0 aromatic rings. The van der Waals surface area contributed by atoms with Crippen molar-refractivity contribution >= 4 is 5.97 Å². The predicted molar refractivity (Wildman–Crippen MR) is 66.0 cm³/mol. The van der Waals surface area contributed by atoms with E-state index in [2.05, 4.69) is 23.9 Å². The lowest BCUT2D eigenvalue weighted by Crippen LogP contribution is -2.36. The number of rotatable bonds is 10. The fourth-order valence-electron chi connectivity index (χ4n) is 1.26. The van der Waals surface area contributed by atoms with Crippen molar-refractivity contribution in [1.82, 2.24) is 5.32 Å². The van der Waals surface area contributed by atoms with E-state index >= 15 is 0 Å². The summed E-state index contributed by atoms with van der Waals surface area (Å²) in [7, 11) is 3.11. The lowest BCUT2D eigenvalue weighted by molar-refractivity contribution is -0.143. The molecule has 1 N–H and O–H groups in total. The van der Waals surface area contributed by atoms with E-state index in [4.69, 9.17) is 9.47 Å². The minimum absolute atomic E-state index is 0.257. The Bertz CT molecular complexity index is 197. The Morgan fingerprint density at radius 3 is 2.35 bits per heavy atom. The number of hydrogen-bond acceptors (Lipinski definition) is 5. The lowest BCUT2D eigenvalue weighted by Gasteiger charge is -2.13. The van der Waals surface area contributed by atoms with Crippen LogP contribution in [-0.2, 0) is 19.0 Å². The molecule has 5 nitrogen and oxygen atoms in total. The van der Waals surface area contributed by atoms with Gasteiger partial charge < -0.3 is 19.5 Å². The number of esters is 1. The van der Waals surface area contributed by atoms with Gasteiger partial charge >= 0.3 is 5.97 Å². The quantitative estimate of drug-likeness (QED) is 0.458. The Hall–Kier alpha value is -0.650. The van der Waals surface area contributed by atoms with E-state index in [0.29, 0.717) is 32.2 Å². The van der Waals surface area contributed by atoms with E-state index in [1.807, 2.05) is 0 Å². The van der Waals surface area contributed by atoms with Crippen LogP contribution >= 0.6 is 0 Å². The molecule has 0 aliphatic rings. The molecule has 0 saturated carbocycles. The summed E-state index contributed by atoms with van der Waals surface area (Å²) >= 11 is 0. The monoisotopic (exact) mass is 247 g/mol. The van der Waals surface area contributed by atoms with Crippen LogP contribution in [0.4, 0.5) is 0 Å². The second kappa shape index (κ2) is 10.5. The molecule has 1 atom stereocenters. The zero-order valence-corrected chi connectivity index (χ0v) is 11.3. The zero-order valence-electron chi connectivity index (χ0n) is 11.3. The van der Waals surface area contributed by atoms with E-state index in [-0.39, 0.29) is 12.0 Å². The molecule has 0 aliphatic carbocycles. The van der Waals surface area contributed by atoms with Crippen molar-refractivity contribution in [2.45, 2.75) is 26.3 Å². The summed E-state index contributed by atoms with van der Waals surface area (Å²) in [5, 5.41) is 2.88. The molecule has 17 heavy (non-hydrogen) atoms. The van der Waals surface area contributed by atoms with Crippen LogP contribution < -0.4 is 5.32 Å². The Morgan fingerprint density at radius 2 is 1.82 bits per heavy atom. The van der Waals surface area contributed by atoms with Gasteiger partial charge in [-0.15, -0.1) is 0 Å². The standard InChI is InChI=1S/C12H25NO4/c1-10(2)9-17-8-7-16-6-5-11(13-3)12(14)15-4/h10-11,13H,5-9H2,1-4H3. The van der Waals surface area contributed by atoms with Gasteiger partial charge in [-0.25, -0.2) is 0 Å². The van der Waals surface area contributed by atoms with Crippen LogP contribution in [0.3, 0.4) is 0 Å². The van der Waals surface area contributed by atoms with Crippen LogP contribution in [0.2, 0.25) is 0 Å². The van der Waals surface area contributed by atoms with Gasteiger partial charge in [-0.05, 0) is 19.4 Å². The number of likely N-dealkylation sites (N-methyl/N-ethyl adjacent to an activating group) is 1. The molecular formula is C12H25NO4. The predicted octanol–water partition coefficient (Wildman–Crippen LogP) is 0.827. The number of carbonyl (C=O) groups is 1. The van der Waals surface area contributed by atoms with Crippen molar-refractivity contribution in [3.05, 3.63) is 0 Å². The maximum Gasteiger partial charge on any atom is 0.322 e. The van der Waals surface area contributed by atoms with Crippen molar-refractivity contribution in [2.24, 2.45) is 5.92 Å². The van der Waals surface area contributed by atoms with Gasteiger partial charge in [0.25, 0.3) is 0 Å². The van der Waals surface area contributed by atoms with Crippen LogP contribution in [0.1, 0.15) is 20.3 Å². The molecule has 0 aliphatic heterocycles. The number of ether oxygens (including phenoxy) is 3. The SMILES string of the molecule is CNC(CCOCCOCC(C)C)C(=O)OC. The van der Waals surface area contributed by atoms with Crippen LogP contribution in [0.15, 0.2) is 0 Å². The van der Waals surface area contributed by atoms with Crippen molar-refractivity contribution in [3.63, 3.8) is 0 Å². The molecule has 0 radical (unpaired) electrons. The van der Waals surface area contributed by atoms with Gasteiger partial charge in [0.1, 0.15) is 6.04 Å². The first-order chi connectivity index (χ1) is 8.11. The van der Waals surface area contributed by atoms with Crippen molar-refractivity contribution < 1.29 is 19.0 Å². The molecule has 5 heteroatoms. The highest BCUT2D eigenvalue weighted by Crippen LogP contribution is 1.96. The minimum Gasteiger partial charge on any atom is -0.468 e. The van der Waals surface area contributed by atoms with E-state index < -0.39 is 0 Å². The lowest BCUT2D eigenvalue weighted by atomic mass is 10.2. The van der Waals surface area contributed by atoms with Gasteiger partial charge in [0, 0.05) is 13.2 Å². The maximum atomic E-state index is 11.2. The van der Waals surface area contributed by atoms with Crippen molar-refractivity contribution in [1.29, 1.82) is 0 Å². The van der Waals surface area contributed by atoms with E-state index in [0.717, 1.165) is 6.61 Å². The highest BCUT2D eigenvalue weighted by Gasteiger charge is 2.15. The average molecular weight is 247 g/mol. The highest BCUT2D eigenvalue weighted by molar-refractivity contribution is 5.75. The molecule has 0 aromatic heterocycles. The van der Waals surface area contributed by atoms with Gasteiger partial charge in [-0.3, -0.25) is 4.79 Å². The maximum absolute atomic E-state index is 11.2. The summed E-state index contributed by atoms with van der Waals surface area (Å²) in [6.07, 6.45) is 0.605. The molecule has 0 saturated heterocycles. The Kier molecular flexibility index (Phi) is 10.1. The molecule has 0 aromatic carbocycles. The van der Waals surface area contributed by atoms with Gasteiger partial charge in [0.05, 0.1) is 20.3 Å². The molecule has 0 rings (SSSR count). The van der Waals surface area contributed by atoms with E-state index in [9.17, 15) is 4.79 Å².